The molecule has 0 saturated carbocycles. The van der Waals surface area contributed by atoms with E-state index in [1.165, 1.54) is 71.7 Å². The molecule has 0 saturated heterocycles. The van der Waals surface area contributed by atoms with Crippen LogP contribution in [-0.2, 0) is 0 Å². The zero-order valence-electron chi connectivity index (χ0n) is 29.9. The highest BCUT2D eigenvalue weighted by atomic mass is 15.1. The van der Waals surface area contributed by atoms with Gasteiger partial charge in [0.2, 0.25) is 0 Å². The molecule has 54 heavy (non-hydrogen) atoms. The molecule has 9 aromatic rings. The molecule has 8 aromatic carbocycles. The Balaban J connectivity index is 1.11. The molecule has 0 aliphatic heterocycles. The summed E-state index contributed by atoms with van der Waals surface area (Å²) in [6.07, 6.45) is 9.09. The van der Waals surface area contributed by atoms with Crippen LogP contribution in [0.25, 0.3) is 71.7 Å². The van der Waals surface area contributed by atoms with Crippen molar-refractivity contribution in [2.24, 2.45) is 0 Å². The Morgan fingerprint density at radius 1 is 0.407 bits per heavy atom. The molecule has 0 amide bonds. The molecule has 256 valence electrons. The predicted octanol–water partition coefficient (Wildman–Crippen LogP) is 14.6. The van der Waals surface area contributed by atoms with Gasteiger partial charge in [-0.1, -0.05) is 152 Å². The second-order valence-corrected chi connectivity index (χ2v) is 14.0. The topological polar surface area (TPSA) is 8.17 Å². The van der Waals surface area contributed by atoms with E-state index in [1.807, 2.05) is 0 Å². The van der Waals surface area contributed by atoms with Crippen LogP contribution >= 0.6 is 0 Å². The maximum absolute atomic E-state index is 2.44. The molecule has 1 aliphatic carbocycles. The van der Waals surface area contributed by atoms with Crippen molar-refractivity contribution in [2.45, 2.75) is 12.8 Å². The maximum atomic E-state index is 2.44. The Bertz CT molecular complexity index is 2850. The lowest BCUT2D eigenvalue weighted by atomic mass is 9.97. The highest BCUT2D eigenvalue weighted by molar-refractivity contribution is 6.16. The van der Waals surface area contributed by atoms with Crippen molar-refractivity contribution < 1.29 is 0 Å². The van der Waals surface area contributed by atoms with E-state index >= 15 is 0 Å². The summed E-state index contributed by atoms with van der Waals surface area (Å²) in [5.74, 6) is 0. The van der Waals surface area contributed by atoms with Gasteiger partial charge in [-0.25, -0.2) is 0 Å². The van der Waals surface area contributed by atoms with Crippen molar-refractivity contribution in [3.63, 3.8) is 0 Å². The van der Waals surface area contributed by atoms with Gasteiger partial charge in [-0.3, -0.25) is 0 Å². The van der Waals surface area contributed by atoms with Crippen molar-refractivity contribution in [2.75, 3.05) is 4.90 Å². The van der Waals surface area contributed by atoms with E-state index in [-0.39, 0.29) is 0 Å². The van der Waals surface area contributed by atoms with Gasteiger partial charge in [0.15, 0.2) is 0 Å². The zero-order chi connectivity index (χ0) is 35.8. The normalized spacial score (nSPS) is 12.7. The molecule has 0 radical (unpaired) electrons. The van der Waals surface area contributed by atoms with Crippen LogP contribution in [0.3, 0.4) is 0 Å². The van der Waals surface area contributed by atoms with Crippen LogP contribution in [0.4, 0.5) is 17.1 Å². The van der Waals surface area contributed by atoms with Crippen molar-refractivity contribution in [3.05, 3.63) is 206 Å². The molecule has 2 heteroatoms. The van der Waals surface area contributed by atoms with Crippen LogP contribution in [-0.4, -0.2) is 4.57 Å². The van der Waals surface area contributed by atoms with Crippen LogP contribution < -0.4 is 4.90 Å². The van der Waals surface area contributed by atoms with Gasteiger partial charge >= 0.3 is 0 Å². The number of aromatic nitrogens is 1. The molecule has 0 unspecified atom stereocenters. The number of benzene rings is 8. The predicted molar refractivity (Wildman–Crippen MR) is 231 cm³/mol. The minimum absolute atomic E-state index is 1.06. The summed E-state index contributed by atoms with van der Waals surface area (Å²) in [5.41, 5.74) is 14.3. The summed E-state index contributed by atoms with van der Waals surface area (Å²) >= 11 is 0. The Labute approximate surface area is 316 Å². The lowest BCUT2D eigenvalue weighted by molar-refractivity contribution is 1.02. The smallest absolute Gasteiger partial charge is 0.0547 e. The van der Waals surface area contributed by atoms with E-state index in [9.17, 15) is 0 Å². The Morgan fingerprint density at radius 3 is 1.81 bits per heavy atom. The van der Waals surface area contributed by atoms with Gasteiger partial charge in [0.25, 0.3) is 0 Å². The summed E-state index contributed by atoms with van der Waals surface area (Å²) < 4.78 is 2.44. The number of fused-ring (bicyclic) bond motifs is 4. The van der Waals surface area contributed by atoms with Gasteiger partial charge in [-0.15, -0.1) is 0 Å². The number of nitrogens with zero attached hydrogens (tertiary/aromatic N) is 2. The minimum atomic E-state index is 1.06. The van der Waals surface area contributed by atoms with E-state index in [1.54, 1.807) is 0 Å². The van der Waals surface area contributed by atoms with Gasteiger partial charge < -0.3 is 9.47 Å². The molecule has 2 nitrogen and oxygen atoms in total. The first kappa shape index (κ1) is 31.8. The first-order chi connectivity index (χ1) is 26.8. The fraction of sp³-hybridized carbons (Fsp3) is 0.0385. The molecular weight excluding hydrogens is 653 g/mol. The molecule has 0 bridgehead atoms. The molecule has 0 fully saturated rings. The summed E-state index contributed by atoms with van der Waals surface area (Å²) in [6.45, 7) is 0. The first-order valence-electron chi connectivity index (χ1n) is 18.8. The number of hydrogen-bond donors (Lipinski definition) is 0. The summed E-state index contributed by atoms with van der Waals surface area (Å²) in [4.78, 5) is 2.38. The average Bonchev–Trinajstić information content (AvgIpc) is 3.59. The largest absolute Gasteiger partial charge is 0.310 e. The molecule has 10 rings (SSSR count). The number of rotatable bonds is 7. The Morgan fingerprint density at radius 2 is 1.02 bits per heavy atom. The van der Waals surface area contributed by atoms with Crippen molar-refractivity contribution in [3.8, 4) is 33.4 Å². The highest BCUT2D eigenvalue weighted by Crippen LogP contribution is 2.42. The van der Waals surface area contributed by atoms with E-state index in [4.69, 9.17) is 0 Å². The molecular formula is C52H38N2. The van der Waals surface area contributed by atoms with Crippen LogP contribution in [0.5, 0.6) is 0 Å². The van der Waals surface area contributed by atoms with Gasteiger partial charge in [-0.2, -0.15) is 0 Å². The molecule has 0 atom stereocenters. The standard InChI is InChI=1S/C52H38N2/c1-3-14-37(15-4-1)38-28-32-43(33-29-38)53(44-34-30-40(31-35-44)47-24-12-17-39-16-7-8-22-46(39)47)45-21-11-18-41(36-45)48-25-13-27-51-52(48)49-23-9-10-26-50(49)54(51)42-19-5-2-6-20-42/h1,3-5,7-36H,2,6H2. The lowest BCUT2D eigenvalue weighted by Crippen LogP contribution is -2.10. The zero-order valence-corrected chi connectivity index (χ0v) is 29.9. The van der Waals surface area contributed by atoms with Crippen molar-refractivity contribution in [1.82, 2.24) is 4.57 Å². The third-order valence-electron chi connectivity index (χ3n) is 10.8. The van der Waals surface area contributed by atoms with Crippen LogP contribution in [0.1, 0.15) is 12.8 Å². The monoisotopic (exact) mass is 690 g/mol. The van der Waals surface area contributed by atoms with Gasteiger partial charge in [0, 0.05) is 33.5 Å². The number of anilines is 3. The number of para-hydroxylation sites is 1. The third kappa shape index (κ3) is 5.60. The highest BCUT2D eigenvalue weighted by Gasteiger charge is 2.19. The fourth-order valence-corrected chi connectivity index (χ4v) is 8.26. The average molecular weight is 691 g/mol. The Kier molecular flexibility index (Phi) is 8.00. The van der Waals surface area contributed by atoms with Gasteiger partial charge in [0.05, 0.1) is 11.0 Å². The summed E-state index contributed by atoms with van der Waals surface area (Å²) in [7, 11) is 0. The van der Waals surface area contributed by atoms with Gasteiger partial charge in [-0.05, 0) is 112 Å². The molecule has 1 aliphatic rings. The van der Waals surface area contributed by atoms with Crippen molar-refractivity contribution >= 4 is 55.3 Å². The SMILES string of the molecule is C1=CC(n2c3ccccc3c3c(-c4cccc(N(c5ccc(-c6ccccc6)cc5)c5ccc(-c6cccc7ccccc67)cc5)c4)cccc32)=CCC1. The van der Waals surface area contributed by atoms with Crippen LogP contribution in [0, 0.1) is 0 Å². The van der Waals surface area contributed by atoms with E-state index in [0.29, 0.717) is 0 Å². The number of hydrogen-bond acceptors (Lipinski definition) is 1. The molecule has 0 spiro atoms. The molecule has 1 heterocycles. The van der Waals surface area contributed by atoms with Gasteiger partial charge in [0.1, 0.15) is 0 Å². The maximum Gasteiger partial charge on any atom is 0.0547 e. The minimum Gasteiger partial charge on any atom is -0.310 e. The first-order valence-corrected chi connectivity index (χ1v) is 18.8. The van der Waals surface area contributed by atoms with E-state index in [0.717, 1.165) is 29.9 Å². The lowest BCUT2D eigenvalue weighted by Gasteiger charge is -2.26. The number of allylic oxidation sites excluding steroid dienone is 4. The second kappa shape index (κ2) is 13.6. The van der Waals surface area contributed by atoms with Crippen molar-refractivity contribution in [1.29, 1.82) is 0 Å². The van der Waals surface area contributed by atoms with Crippen LogP contribution in [0.15, 0.2) is 206 Å². The second-order valence-electron chi connectivity index (χ2n) is 14.0. The Hall–Kier alpha value is -6.90. The molecule has 1 aromatic heterocycles. The summed E-state index contributed by atoms with van der Waals surface area (Å²) in [5, 5.41) is 5.07. The third-order valence-corrected chi connectivity index (χ3v) is 10.8. The fourth-order valence-electron chi connectivity index (χ4n) is 8.26. The molecule has 0 N–H and O–H groups in total. The summed E-state index contributed by atoms with van der Waals surface area (Å²) in [6, 6.07) is 68.4. The van der Waals surface area contributed by atoms with Crippen LogP contribution in [0.2, 0.25) is 0 Å². The van der Waals surface area contributed by atoms with E-state index in [2.05, 4.69) is 216 Å². The van der Waals surface area contributed by atoms with E-state index < -0.39 is 0 Å². The quantitative estimate of drug-likeness (QED) is 0.162.